The topological polar surface area (TPSA) is 39.9 Å². The summed E-state index contributed by atoms with van der Waals surface area (Å²) in [7, 11) is 0. The summed E-state index contributed by atoms with van der Waals surface area (Å²) in [5, 5.41) is 4.64. The molecule has 0 saturated carbocycles. The molecule has 5 aromatic carbocycles. The van der Waals surface area contributed by atoms with Gasteiger partial charge in [0.1, 0.15) is 11.5 Å². The van der Waals surface area contributed by atoms with Crippen molar-refractivity contribution >= 4 is 38.2 Å². The first kappa shape index (κ1) is 21.7. The van der Waals surface area contributed by atoms with Crippen molar-refractivity contribution in [2.24, 2.45) is 0 Å². The molecular weight excluding hydrogens is 490 g/mol. The molecule has 0 saturated heterocycles. The third-order valence-corrected chi connectivity index (χ3v) is 8.30. The van der Waals surface area contributed by atoms with Crippen LogP contribution in [0.3, 0.4) is 0 Å². The fourth-order valence-electron chi connectivity index (χ4n) is 6.62. The summed E-state index contributed by atoms with van der Waals surface area (Å²) >= 11 is 0. The smallest absolute Gasteiger partial charge is 0.235 e. The Labute approximate surface area is 230 Å². The first-order valence-electron chi connectivity index (χ1n) is 13.7. The van der Waals surface area contributed by atoms with Crippen molar-refractivity contribution in [3.8, 4) is 23.0 Å². The predicted molar refractivity (Wildman–Crippen MR) is 161 cm³/mol. The van der Waals surface area contributed by atoms with Crippen molar-refractivity contribution < 1.29 is 4.74 Å². The molecule has 0 bridgehead atoms. The highest BCUT2D eigenvalue weighted by Crippen LogP contribution is 2.49. The number of hydrogen-bond donors (Lipinski definition) is 0. The zero-order valence-corrected chi connectivity index (χ0v) is 21.6. The van der Waals surface area contributed by atoms with Crippen molar-refractivity contribution in [2.75, 3.05) is 0 Å². The van der Waals surface area contributed by atoms with Crippen LogP contribution in [0.5, 0.6) is 5.75 Å². The highest BCUT2D eigenvalue weighted by atomic mass is 16.5. The van der Waals surface area contributed by atoms with E-state index in [0.717, 1.165) is 68.7 Å². The summed E-state index contributed by atoms with van der Waals surface area (Å²) in [6, 6.07) is 40.2. The number of hydrogen-bond acceptors (Lipinski definition) is 3. The highest BCUT2D eigenvalue weighted by molar-refractivity contribution is 6.06. The second-order valence-electron chi connectivity index (χ2n) is 10.5. The molecule has 3 heterocycles. The molecule has 0 unspecified atom stereocenters. The van der Waals surface area contributed by atoms with Gasteiger partial charge in [-0.2, -0.15) is 0 Å². The fraction of sp³-hybridized carbons (Fsp3) is 0.0556. The molecule has 188 valence electrons. The average molecular weight is 514 g/mol. The van der Waals surface area contributed by atoms with Gasteiger partial charge < -0.3 is 4.74 Å². The molecule has 0 spiro atoms. The molecule has 7 aromatic rings. The number of ether oxygens (including phenoxy) is 1. The van der Waals surface area contributed by atoms with Crippen LogP contribution in [0.25, 0.3) is 55.4 Å². The van der Waals surface area contributed by atoms with Crippen LogP contribution in [0.2, 0.25) is 0 Å². The summed E-state index contributed by atoms with van der Waals surface area (Å²) in [6.45, 7) is 0. The predicted octanol–water partition coefficient (Wildman–Crippen LogP) is 8.49. The van der Waals surface area contributed by atoms with E-state index < -0.39 is 0 Å². The summed E-state index contributed by atoms with van der Waals surface area (Å²) in [4.78, 5) is 10.5. The largest absolute Gasteiger partial charge is 0.460 e. The van der Waals surface area contributed by atoms with Crippen molar-refractivity contribution in [1.29, 1.82) is 0 Å². The van der Waals surface area contributed by atoms with Crippen LogP contribution in [-0.2, 0) is 6.42 Å². The quantitative estimate of drug-likeness (QED) is 0.233. The van der Waals surface area contributed by atoms with E-state index in [2.05, 4.69) is 108 Å². The molecule has 4 heteroatoms. The number of nitrogens with zero attached hydrogens (tertiary/aromatic N) is 3. The number of fused-ring (bicyclic) bond motifs is 6. The van der Waals surface area contributed by atoms with E-state index in [9.17, 15) is 0 Å². The van der Waals surface area contributed by atoms with E-state index >= 15 is 0 Å². The molecule has 0 amide bonds. The van der Waals surface area contributed by atoms with Crippen LogP contribution in [0, 0.1) is 0 Å². The van der Waals surface area contributed by atoms with Crippen LogP contribution >= 0.6 is 0 Å². The Hall–Kier alpha value is -5.22. The Morgan fingerprint density at radius 3 is 2.33 bits per heavy atom. The van der Waals surface area contributed by atoms with Crippen molar-refractivity contribution in [3.63, 3.8) is 0 Å². The van der Waals surface area contributed by atoms with Gasteiger partial charge in [0, 0.05) is 33.7 Å². The maximum atomic E-state index is 6.64. The molecule has 2 aromatic heterocycles. The Bertz CT molecular complexity index is 2180. The van der Waals surface area contributed by atoms with Gasteiger partial charge in [-0.15, -0.1) is 0 Å². The van der Waals surface area contributed by atoms with E-state index in [1.54, 1.807) is 0 Å². The third-order valence-electron chi connectivity index (χ3n) is 8.30. The average Bonchev–Trinajstić information content (AvgIpc) is 3.36. The van der Waals surface area contributed by atoms with E-state index in [4.69, 9.17) is 14.7 Å². The molecule has 2 aliphatic rings. The van der Waals surface area contributed by atoms with Crippen LogP contribution < -0.4 is 4.74 Å². The first-order valence-corrected chi connectivity index (χ1v) is 13.7. The minimum Gasteiger partial charge on any atom is -0.460 e. The molecule has 0 atom stereocenters. The standard InChI is InChI=1S/C36H23N3O/c1-2-10-23(11-3-1)34-26-15-4-6-17-28(26)37-36(38-34)39-29-18-7-5-14-24(29)25-20-21-31-33(35(25)39)27-16-8-12-22-13-9-19-30(40-31)32(22)27/h1-19H,20-21H2. The van der Waals surface area contributed by atoms with Crippen molar-refractivity contribution in [1.82, 2.24) is 14.5 Å². The van der Waals surface area contributed by atoms with Crippen LogP contribution in [0.15, 0.2) is 121 Å². The van der Waals surface area contributed by atoms with Crippen LogP contribution in [0.4, 0.5) is 0 Å². The van der Waals surface area contributed by atoms with Gasteiger partial charge >= 0.3 is 0 Å². The molecule has 9 rings (SSSR count). The summed E-state index contributed by atoms with van der Waals surface area (Å²) in [6.07, 6.45) is 1.76. The van der Waals surface area contributed by atoms with Gasteiger partial charge in [0.2, 0.25) is 5.95 Å². The number of aryl methyl sites for hydroxylation is 1. The maximum absolute atomic E-state index is 6.64. The van der Waals surface area contributed by atoms with Gasteiger partial charge in [-0.05, 0) is 41.1 Å². The van der Waals surface area contributed by atoms with E-state index in [0.29, 0.717) is 5.95 Å². The Morgan fingerprint density at radius 2 is 1.43 bits per heavy atom. The Morgan fingerprint density at radius 1 is 0.650 bits per heavy atom. The zero-order chi connectivity index (χ0) is 26.2. The number of aromatic nitrogens is 3. The van der Waals surface area contributed by atoms with Gasteiger partial charge in [-0.1, -0.05) is 97.1 Å². The Kier molecular flexibility index (Phi) is 4.41. The lowest BCUT2D eigenvalue weighted by molar-refractivity contribution is 0.404. The van der Waals surface area contributed by atoms with Crippen LogP contribution in [-0.4, -0.2) is 14.5 Å². The molecule has 0 radical (unpaired) electrons. The molecule has 0 fully saturated rings. The second-order valence-corrected chi connectivity index (χ2v) is 10.5. The highest BCUT2D eigenvalue weighted by Gasteiger charge is 2.33. The zero-order valence-electron chi connectivity index (χ0n) is 21.6. The van der Waals surface area contributed by atoms with E-state index in [-0.39, 0.29) is 0 Å². The van der Waals surface area contributed by atoms with Gasteiger partial charge in [-0.25, -0.2) is 9.97 Å². The third kappa shape index (κ3) is 2.96. The van der Waals surface area contributed by atoms with Crippen molar-refractivity contribution in [2.45, 2.75) is 12.8 Å². The molecule has 0 N–H and O–H groups in total. The van der Waals surface area contributed by atoms with E-state index in [1.165, 1.54) is 21.9 Å². The number of benzene rings is 5. The fourth-order valence-corrected chi connectivity index (χ4v) is 6.62. The molecular formula is C36H23N3O. The lowest BCUT2D eigenvalue weighted by Gasteiger charge is -2.29. The van der Waals surface area contributed by atoms with Gasteiger partial charge in [-0.3, -0.25) is 4.57 Å². The van der Waals surface area contributed by atoms with Gasteiger partial charge in [0.15, 0.2) is 0 Å². The summed E-state index contributed by atoms with van der Waals surface area (Å²) < 4.78 is 8.91. The Balaban J connectivity index is 1.40. The van der Waals surface area contributed by atoms with Crippen molar-refractivity contribution in [3.05, 3.63) is 138 Å². The second kappa shape index (κ2) is 8.14. The number of allylic oxidation sites excluding steroid dienone is 1. The first-order chi connectivity index (χ1) is 19.8. The van der Waals surface area contributed by atoms with Gasteiger partial charge in [0.25, 0.3) is 0 Å². The minimum atomic E-state index is 0.676. The van der Waals surface area contributed by atoms with E-state index in [1.807, 2.05) is 12.1 Å². The molecule has 40 heavy (non-hydrogen) atoms. The molecule has 4 nitrogen and oxygen atoms in total. The van der Waals surface area contributed by atoms with Gasteiger partial charge in [0.05, 0.1) is 22.4 Å². The summed E-state index contributed by atoms with van der Waals surface area (Å²) in [5.41, 5.74) is 8.88. The molecule has 1 aliphatic heterocycles. The minimum absolute atomic E-state index is 0.676. The SMILES string of the molecule is c1ccc(-c2nc(-n3c4c(c5ccccc53)CCC3=C4c4cccc5cccc(c45)O3)nc3ccccc23)cc1. The lowest BCUT2D eigenvalue weighted by atomic mass is 9.85. The van der Waals surface area contributed by atoms with Crippen LogP contribution in [0.1, 0.15) is 23.2 Å². The number of rotatable bonds is 2. The number of para-hydroxylation sites is 2. The lowest BCUT2D eigenvalue weighted by Crippen LogP contribution is -2.17. The molecule has 1 aliphatic carbocycles. The summed E-state index contributed by atoms with van der Waals surface area (Å²) in [5.74, 6) is 2.63. The normalized spacial score (nSPS) is 13.9. The monoisotopic (exact) mass is 513 g/mol. The maximum Gasteiger partial charge on any atom is 0.235 e.